The van der Waals surface area contributed by atoms with Crippen LogP contribution in [0.4, 0.5) is 0 Å². The molecule has 22 heavy (non-hydrogen) atoms. The molecule has 1 N–H and O–H groups in total. The zero-order valence-electron chi connectivity index (χ0n) is 13.9. The third-order valence-corrected chi connectivity index (χ3v) is 5.88. The fraction of sp³-hybridized carbons (Fsp3) is 0.941. The molecule has 3 fully saturated rings. The minimum atomic E-state index is -0.155. The molecule has 0 aromatic heterocycles. The Morgan fingerprint density at radius 1 is 1.00 bits per heavy atom. The number of piperazine rings is 1. The van der Waals surface area contributed by atoms with Gasteiger partial charge < -0.3 is 14.9 Å². The zero-order valence-corrected chi connectivity index (χ0v) is 13.9. The first-order chi connectivity index (χ1) is 10.6. The van der Waals surface area contributed by atoms with E-state index in [9.17, 15) is 9.90 Å². The van der Waals surface area contributed by atoms with Gasteiger partial charge in [-0.2, -0.15) is 0 Å². The van der Waals surface area contributed by atoms with Crippen molar-refractivity contribution in [2.75, 3.05) is 46.3 Å². The van der Waals surface area contributed by atoms with Gasteiger partial charge in [0, 0.05) is 38.1 Å². The lowest BCUT2D eigenvalue weighted by atomic mass is 9.80. The number of amides is 1. The molecule has 126 valence electrons. The first kappa shape index (κ1) is 16.2. The predicted molar refractivity (Wildman–Crippen MR) is 86.6 cm³/mol. The van der Waals surface area contributed by atoms with E-state index >= 15 is 0 Å². The van der Waals surface area contributed by atoms with Gasteiger partial charge in [0.15, 0.2) is 0 Å². The number of rotatable bonds is 3. The Kier molecular flexibility index (Phi) is 5.37. The third-order valence-electron chi connectivity index (χ3n) is 5.88. The molecule has 5 nitrogen and oxygen atoms in total. The van der Waals surface area contributed by atoms with Crippen molar-refractivity contribution in [1.82, 2.24) is 14.7 Å². The van der Waals surface area contributed by atoms with Crippen molar-refractivity contribution in [1.29, 1.82) is 0 Å². The van der Waals surface area contributed by atoms with E-state index in [1.807, 2.05) is 4.90 Å². The molecule has 2 aliphatic heterocycles. The summed E-state index contributed by atoms with van der Waals surface area (Å²) in [6, 6.07) is 0.423. The minimum Gasteiger partial charge on any atom is -0.393 e. The summed E-state index contributed by atoms with van der Waals surface area (Å²) < 4.78 is 0. The summed E-state index contributed by atoms with van der Waals surface area (Å²) in [4.78, 5) is 19.2. The van der Waals surface area contributed by atoms with Crippen molar-refractivity contribution < 1.29 is 9.90 Å². The summed E-state index contributed by atoms with van der Waals surface area (Å²) in [7, 11) is 2.11. The summed E-state index contributed by atoms with van der Waals surface area (Å²) in [5.41, 5.74) is 0. The predicted octanol–water partition coefficient (Wildman–Crippen LogP) is 0.776. The second-order valence-corrected chi connectivity index (χ2v) is 7.38. The number of hydrogen-bond acceptors (Lipinski definition) is 4. The van der Waals surface area contributed by atoms with Crippen molar-refractivity contribution in [3.05, 3.63) is 0 Å². The quantitative estimate of drug-likeness (QED) is 0.837. The molecule has 3 aliphatic rings. The smallest absolute Gasteiger partial charge is 0.236 e. The van der Waals surface area contributed by atoms with Gasteiger partial charge in [0.1, 0.15) is 0 Å². The van der Waals surface area contributed by atoms with Crippen LogP contribution in [0.3, 0.4) is 0 Å². The van der Waals surface area contributed by atoms with E-state index in [0.29, 0.717) is 18.5 Å². The molecule has 3 atom stereocenters. The van der Waals surface area contributed by atoms with Crippen LogP contribution in [0.15, 0.2) is 0 Å². The highest BCUT2D eigenvalue weighted by Gasteiger charge is 2.38. The van der Waals surface area contributed by atoms with Crippen LogP contribution in [-0.2, 0) is 4.79 Å². The van der Waals surface area contributed by atoms with Crippen LogP contribution < -0.4 is 0 Å². The number of carbonyl (C=O) groups is 1. The summed E-state index contributed by atoms with van der Waals surface area (Å²) >= 11 is 0. The molecule has 1 saturated carbocycles. The summed E-state index contributed by atoms with van der Waals surface area (Å²) in [5, 5.41) is 10.3. The maximum atomic E-state index is 12.6. The standard InChI is InChI=1S/C17H31N3O2/c1-18-9-11-19(12-10-18)17(22)13-20-8-4-6-15(20)14-5-2-3-7-16(14)21/h14-16,21H,2-13H2,1H3/t14-,15+,16-/m0/s1. The molecule has 0 unspecified atom stereocenters. The Balaban J connectivity index is 1.55. The molecular weight excluding hydrogens is 278 g/mol. The first-order valence-electron chi connectivity index (χ1n) is 9.03. The minimum absolute atomic E-state index is 0.155. The molecule has 1 amide bonds. The van der Waals surface area contributed by atoms with Gasteiger partial charge in [0.2, 0.25) is 5.91 Å². The van der Waals surface area contributed by atoms with Gasteiger partial charge >= 0.3 is 0 Å². The lowest BCUT2D eigenvalue weighted by Gasteiger charge is -2.38. The highest BCUT2D eigenvalue weighted by Crippen LogP contribution is 2.34. The van der Waals surface area contributed by atoms with Crippen LogP contribution in [-0.4, -0.2) is 84.2 Å². The fourth-order valence-corrected chi connectivity index (χ4v) is 4.45. The Hall–Kier alpha value is -0.650. The molecule has 0 spiro atoms. The number of aliphatic hydroxyl groups excluding tert-OH is 1. The molecular formula is C17H31N3O2. The normalized spacial score (nSPS) is 35.0. The molecule has 0 radical (unpaired) electrons. The van der Waals surface area contributed by atoms with Gasteiger partial charge in [-0.25, -0.2) is 0 Å². The molecule has 2 heterocycles. The average Bonchev–Trinajstić information content (AvgIpc) is 2.96. The van der Waals surface area contributed by atoms with Gasteiger partial charge in [-0.15, -0.1) is 0 Å². The Morgan fingerprint density at radius 3 is 2.45 bits per heavy atom. The highest BCUT2D eigenvalue weighted by atomic mass is 16.3. The molecule has 0 bridgehead atoms. The first-order valence-corrected chi connectivity index (χ1v) is 9.03. The fourth-order valence-electron chi connectivity index (χ4n) is 4.45. The SMILES string of the molecule is CN1CCN(C(=O)CN2CCC[C@@H]2[C@@H]2CCCC[C@@H]2O)CC1. The Labute approximate surface area is 134 Å². The molecule has 1 aliphatic carbocycles. The second-order valence-electron chi connectivity index (χ2n) is 7.38. The van der Waals surface area contributed by atoms with Crippen molar-refractivity contribution in [3.8, 4) is 0 Å². The average molecular weight is 309 g/mol. The van der Waals surface area contributed by atoms with Crippen molar-refractivity contribution >= 4 is 5.91 Å². The summed E-state index contributed by atoms with van der Waals surface area (Å²) in [6.07, 6.45) is 6.63. The van der Waals surface area contributed by atoms with Gasteiger partial charge in [0.05, 0.1) is 12.6 Å². The lowest BCUT2D eigenvalue weighted by molar-refractivity contribution is -0.134. The van der Waals surface area contributed by atoms with E-state index in [1.165, 1.54) is 12.8 Å². The summed E-state index contributed by atoms with van der Waals surface area (Å²) in [5.74, 6) is 0.668. The highest BCUT2D eigenvalue weighted by molar-refractivity contribution is 5.78. The van der Waals surface area contributed by atoms with Crippen molar-refractivity contribution in [3.63, 3.8) is 0 Å². The molecule has 0 aromatic rings. The van der Waals surface area contributed by atoms with Crippen LogP contribution in [0.1, 0.15) is 38.5 Å². The van der Waals surface area contributed by atoms with Gasteiger partial charge in [-0.05, 0) is 39.3 Å². The maximum Gasteiger partial charge on any atom is 0.236 e. The van der Waals surface area contributed by atoms with Gasteiger partial charge in [0.25, 0.3) is 0 Å². The van der Waals surface area contributed by atoms with E-state index in [4.69, 9.17) is 0 Å². The van der Waals surface area contributed by atoms with Crippen molar-refractivity contribution in [2.45, 2.75) is 50.7 Å². The maximum absolute atomic E-state index is 12.6. The van der Waals surface area contributed by atoms with Crippen molar-refractivity contribution in [2.24, 2.45) is 5.92 Å². The lowest BCUT2D eigenvalue weighted by Crippen LogP contribution is -2.52. The van der Waals surface area contributed by atoms with Gasteiger partial charge in [-0.1, -0.05) is 12.8 Å². The van der Waals surface area contributed by atoms with Crippen LogP contribution in [0.5, 0.6) is 0 Å². The largest absolute Gasteiger partial charge is 0.393 e. The van der Waals surface area contributed by atoms with Crippen LogP contribution in [0.25, 0.3) is 0 Å². The second kappa shape index (κ2) is 7.28. The summed E-state index contributed by atoms with van der Waals surface area (Å²) in [6.45, 7) is 5.26. The Bertz CT molecular complexity index is 382. The number of likely N-dealkylation sites (N-methyl/N-ethyl adjacent to an activating group) is 1. The number of hydrogen-bond donors (Lipinski definition) is 1. The number of carbonyl (C=O) groups excluding carboxylic acids is 1. The van der Waals surface area contributed by atoms with E-state index in [1.54, 1.807) is 0 Å². The molecule has 3 rings (SSSR count). The van der Waals surface area contributed by atoms with Crippen LogP contribution in [0, 0.1) is 5.92 Å². The van der Waals surface area contributed by atoms with Crippen LogP contribution in [0.2, 0.25) is 0 Å². The van der Waals surface area contributed by atoms with E-state index < -0.39 is 0 Å². The number of likely N-dealkylation sites (tertiary alicyclic amines) is 1. The monoisotopic (exact) mass is 309 g/mol. The molecule has 2 saturated heterocycles. The number of aliphatic hydroxyl groups is 1. The Morgan fingerprint density at radius 2 is 1.73 bits per heavy atom. The van der Waals surface area contributed by atoms with E-state index in [0.717, 1.165) is 58.4 Å². The number of nitrogens with zero attached hydrogens (tertiary/aromatic N) is 3. The van der Waals surface area contributed by atoms with Gasteiger partial charge in [-0.3, -0.25) is 9.69 Å². The topological polar surface area (TPSA) is 47.0 Å². The molecule has 0 aromatic carbocycles. The van der Waals surface area contributed by atoms with E-state index in [2.05, 4.69) is 16.8 Å². The molecule has 5 heteroatoms. The van der Waals surface area contributed by atoms with Crippen LogP contribution >= 0.6 is 0 Å². The van der Waals surface area contributed by atoms with E-state index in [-0.39, 0.29) is 12.0 Å². The zero-order chi connectivity index (χ0) is 15.5. The third kappa shape index (κ3) is 3.63.